The van der Waals surface area contributed by atoms with Crippen LogP contribution in [0.1, 0.15) is 34.1 Å². The van der Waals surface area contributed by atoms with Gasteiger partial charge < -0.3 is 5.73 Å². The molecule has 0 atom stereocenters. The lowest BCUT2D eigenvalue weighted by atomic mass is 10.1. The van der Waals surface area contributed by atoms with Gasteiger partial charge in [-0.15, -0.1) is 0 Å². The molecule has 74 valence electrons. The van der Waals surface area contributed by atoms with Crippen molar-refractivity contribution in [1.82, 2.24) is 0 Å². The zero-order chi connectivity index (χ0) is 9.99. The molecule has 0 spiro atoms. The zero-order valence-electron chi connectivity index (χ0n) is 8.29. The lowest BCUT2D eigenvalue weighted by molar-refractivity contribution is 0.522. The molecule has 0 aromatic heterocycles. The highest BCUT2D eigenvalue weighted by Gasteiger charge is 2.35. The van der Waals surface area contributed by atoms with E-state index in [0.717, 1.165) is 0 Å². The fraction of sp³-hybridized carbons (Fsp3) is 1.00. The Kier molecular flexibility index (Phi) is 3.72. The SMILES string of the molecule is CC(C)S(=O)(=O)C(C)(C)CCN. The summed E-state index contributed by atoms with van der Waals surface area (Å²) in [4.78, 5) is 0. The Morgan fingerprint density at radius 3 is 2.00 bits per heavy atom. The molecule has 0 unspecified atom stereocenters. The van der Waals surface area contributed by atoms with Crippen LogP contribution in [-0.4, -0.2) is 25.0 Å². The zero-order valence-corrected chi connectivity index (χ0v) is 9.11. The number of hydrogen-bond donors (Lipinski definition) is 1. The fourth-order valence-corrected chi connectivity index (χ4v) is 2.81. The predicted octanol–water partition coefficient (Wildman–Crippen LogP) is 0.937. The third-order valence-corrected chi connectivity index (χ3v) is 5.12. The highest BCUT2D eigenvalue weighted by atomic mass is 32.2. The summed E-state index contributed by atoms with van der Waals surface area (Å²) in [6, 6.07) is 0. The first-order valence-corrected chi connectivity index (χ1v) is 5.74. The summed E-state index contributed by atoms with van der Waals surface area (Å²) in [6.07, 6.45) is 0.521. The molecular weight excluding hydrogens is 174 g/mol. The van der Waals surface area contributed by atoms with Crippen molar-refractivity contribution in [2.24, 2.45) is 5.73 Å². The first-order valence-electron chi connectivity index (χ1n) is 4.19. The van der Waals surface area contributed by atoms with Crippen molar-refractivity contribution < 1.29 is 8.42 Å². The van der Waals surface area contributed by atoms with E-state index in [1.54, 1.807) is 27.7 Å². The molecule has 0 bridgehead atoms. The molecule has 4 heteroatoms. The number of rotatable bonds is 4. The second-order valence-corrected chi connectivity index (χ2v) is 7.03. The summed E-state index contributed by atoms with van der Waals surface area (Å²) in [5.74, 6) is 0. The Balaban J connectivity index is 4.77. The highest BCUT2D eigenvalue weighted by Crippen LogP contribution is 2.24. The molecule has 0 heterocycles. The van der Waals surface area contributed by atoms with Gasteiger partial charge in [0.1, 0.15) is 0 Å². The quantitative estimate of drug-likeness (QED) is 0.722. The molecule has 0 fully saturated rings. The second-order valence-electron chi connectivity index (χ2n) is 3.89. The van der Waals surface area contributed by atoms with Crippen LogP contribution in [0.3, 0.4) is 0 Å². The van der Waals surface area contributed by atoms with E-state index < -0.39 is 14.6 Å². The van der Waals surface area contributed by atoms with Crippen molar-refractivity contribution in [1.29, 1.82) is 0 Å². The van der Waals surface area contributed by atoms with E-state index in [2.05, 4.69) is 0 Å². The molecule has 0 aromatic rings. The van der Waals surface area contributed by atoms with Crippen molar-refractivity contribution in [3.63, 3.8) is 0 Å². The number of nitrogens with two attached hydrogens (primary N) is 1. The minimum absolute atomic E-state index is 0.320. The molecule has 3 nitrogen and oxygen atoms in total. The summed E-state index contributed by atoms with van der Waals surface area (Å²) < 4.78 is 22.7. The molecule has 0 amide bonds. The molecule has 0 aliphatic carbocycles. The lowest BCUT2D eigenvalue weighted by Gasteiger charge is -2.26. The minimum Gasteiger partial charge on any atom is -0.330 e. The maximum Gasteiger partial charge on any atom is 0.157 e. The van der Waals surface area contributed by atoms with Gasteiger partial charge in [-0.25, -0.2) is 8.42 Å². The maximum absolute atomic E-state index is 11.7. The van der Waals surface area contributed by atoms with E-state index in [1.807, 2.05) is 0 Å². The van der Waals surface area contributed by atoms with Gasteiger partial charge >= 0.3 is 0 Å². The standard InChI is InChI=1S/C8H19NO2S/c1-7(2)12(10,11)8(3,4)5-6-9/h7H,5-6,9H2,1-4H3. The van der Waals surface area contributed by atoms with Gasteiger partial charge in [0.15, 0.2) is 9.84 Å². The van der Waals surface area contributed by atoms with Crippen molar-refractivity contribution in [2.75, 3.05) is 6.54 Å². The molecule has 0 aliphatic rings. The lowest BCUT2D eigenvalue weighted by Crippen LogP contribution is -2.39. The van der Waals surface area contributed by atoms with E-state index in [9.17, 15) is 8.42 Å². The van der Waals surface area contributed by atoms with Gasteiger partial charge in [-0.1, -0.05) is 0 Å². The van der Waals surface area contributed by atoms with Gasteiger partial charge in [0.2, 0.25) is 0 Å². The summed E-state index contributed by atoms with van der Waals surface area (Å²) in [5.41, 5.74) is 5.35. The Hall–Kier alpha value is -0.0900. The number of hydrogen-bond acceptors (Lipinski definition) is 3. The van der Waals surface area contributed by atoms with Crippen LogP contribution < -0.4 is 5.73 Å². The molecule has 12 heavy (non-hydrogen) atoms. The van der Waals surface area contributed by atoms with Crippen molar-refractivity contribution in [2.45, 2.75) is 44.1 Å². The number of sulfone groups is 1. The highest BCUT2D eigenvalue weighted by molar-refractivity contribution is 7.93. The molecule has 2 N–H and O–H groups in total. The van der Waals surface area contributed by atoms with E-state index in [0.29, 0.717) is 13.0 Å². The van der Waals surface area contributed by atoms with Gasteiger partial charge in [-0.3, -0.25) is 0 Å². The van der Waals surface area contributed by atoms with Crippen molar-refractivity contribution >= 4 is 9.84 Å². The van der Waals surface area contributed by atoms with Gasteiger partial charge in [0, 0.05) is 0 Å². The molecular formula is C8H19NO2S. The van der Waals surface area contributed by atoms with Crippen LogP contribution >= 0.6 is 0 Å². The monoisotopic (exact) mass is 193 g/mol. The molecule has 0 aromatic carbocycles. The van der Waals surface area contributed by atoms with E-state index >= 15 is 0 Å². The molecule has 0 radical (unpaired) electrons. The molecule has 0 aliphatic heterocycles. The van der Waals surface area contributed by atoms with Crippen LogP contribution in [0, 0.1) is 0 Å². The van der Waals surface area contributed by atoms with Gasteiger partial charge in [0.25, 0.3) is 0 Å². The predicted molar refractivity (Wildman–Crippen MR) is 51.8 cm³/mol. The van der Waals surface area contributed by atoms with Crippen LogP contribution in [-0.2, 0) is 9.84 Å². The van der Waals surface area contributed by atoms with Crippen LogP contribution in [0.4, 0.5) is 0 Å². The van der Waals surface area contributed by atoms with Crippen LogP contribution in [0.2, 0.25) is 0 Å². The van der Waals surface area contributed by atoms with Crippen molar-refractivity contribution in [3.05, 3.63) is 0 Å². The summed E-state index contributed by atoms with van der Waals surface area (Å²) in [5, 5.41) is -0.320. The van der Waals surface area contributed by atoms with Gasteiger partial charge in [0.05, 0.1) is 10.00 Å². The van der Waals surface area contributed by atoms with E-state index in [-0.39, 0.29) is 5.25 Å². The average Bonchev–Trinajstić information content (AvgIpc) is 1.86. The second kappa shape index (κ2) is 3.75. The fourth-order valence-electron chi connectivity index (χ4n) is 1.13. The first kappa shape index (κ1) is 11.9. The van der Waals surface area contributed by atoms with Crippen LogP contribution in [0.25, 0.3) is 0 Å². The molecule has 0 rings (SSSR count). The van der Waals surface area contributed by atoms with Gasteiger partial charge in [-0.05, 0) is 40.7 Å². The maximum atomic E-state index is 11.7. The van der Waals surface area contributed by atoms with E-state index in [4.69, 9.17) is 5.73 Å². The largest absolute Gasteiger partial charge is 0.330 e. The Morgan fingerprint density at radius 2 is 1.75 bits per heavy atom. The van der Waals surface area contributed by atoms with Crippen LogP contribution in [0.15, 0.2) is 0 Å². The van der Waals surface area contributed by atoms with Crippen LogP contribution in [0.5, 0.6) is 0 Å². The Morgan fingerprint density at radius 1 is 1.33 bits per heavy atom. The summed E-state index contributed by atoms with van der Waals surface area (Å²) in [6.45, 7) is 7.28. The Bertz CT molecular complexity index is 229. The summed E-state index contributed by atoms with van der Waals surface area (Å²) >= 11 is 0. The average molecular weight is 193 g/mol. The molecule has 0 saturated carbocycles. The topological polar surface area (TPSA) is 60.2 Å². The normalized spacial score (nSPS) is 13.8. The minimum atomic E-state index is -3.02. The molecule has 0 saturated heterocycles. The Labute approximate surface area is 75.3 Å². The third kappa shape index (κ3) is 2.20. The smallest absolute Gasteiger partial charge is 0.157 e. The van der Waals surface area contributed by atoms with Crippen molar-refractivity contribution in [3.8, 4) is 0 Å². The first-order chi connectivity index (χ1) is 5.25. The summed E-state index contributed by atoms with van der Waals surface area (Å²) in [7, 11) is -3.02. The third-order valence-electron chi connectivity index (χ3n) is 2.14. The van der Waals surface area contributed by atoms with E-state index in [1.165, 1.54) is 0 Å². The van der Waals surface area contributed by atoms with Gasteiger partial charge in [-0.2, -0.15) is 0 Å².